The number of nitrogens with zero attached hydrogens (tertiary/aromatic N) is 5. The predicted molar refractivity (Wildman–Crippen MR) is 103 cm³/mol. The van der Waals surface area contributed by atoms with E-state index in [-0.39, 0.29) is 12.5 Å². The highest BCUT2D eigenvalue weighted by Crippen LogP contribution is 2.23. The fourth-order valence-corrected chi connectivity index (χ4v) is 3.38. The molecular weight excluding hydrogens is 350 g/mol. The Morgan fingerprint density at radius 3 is 2.69 bits per heavy atom. The second-order valence-corrected chi connectivity index (χ2v) is 6.94. The fraction of sp³-hybridized carbons (Fsp3) is 0.316. The summed E-state index contributed by atoms with van der Waals surface area (Å²) >= 11 is 6.11. The molecule has 1 aromatic carbocycles. The molecule has 2 aromatic heterocycles. The third-order valence-corrected chi connectivity index (χ3v) is 5.18. The second-order valence-electron chi connectivity index (χ2n) is 6.54. The van der Waals surface area contributed by atoms with Crippen LogP contribution < -0.4 is 4.90 Å². The molecule has 0 bridgehead atoms. The maximum atomic E-state index is 12.6. The SMILES string of the molecule is Cc1cc(N2CCN(C(=O)Cn3cc4ncccc4n3)CC2)ccc1Cl. The van der Waals surface area contributed by atoms with Gasteiger partial charge < -0.3 is 9.80 Å². The van der Waals surface area contributed by atoms with E-state index in [2.05, 4.69) is 21.0 Å². The van der Waals surface area contributed by atoms with Crippen LogP contribution in [-0.2, 0) is 11.3 Å². The molecule has 4 rings (SSSR count). The quantitative estimate of drug-likeness (QED) is 0.712. The monoisotopic (exact) mass is 369 g/mol. The Hall–Kier alpha value is -2.60. The molecule has 3 aromatic rings. The van der Waals surface area contributed by atoms with Gasteiger partial charge in [-0.2, -0.15) is 5.10 Å². The third kappa shape index (κ3) is 3.37. The predicted octanol–water partition coefficient (Wildman–Crippen LogP) is 2.74. The molecule has 1 aliphatic rings. The minimum absolute atomic E-state index is 0.0877. The summed E-state index contributed by atoms with van der Waals surface area (Å²) in [7, 11) is 0. The first kappa shape index (κ1) is 16.8. The van der Waals surface area contributed by atoms with Gasteiger partial charge in [0.2, 0.25) is 5.91 Å². The second kappa shape index (κ2) is 6.96. The first-order chi connectivity index (χ1) is 12.6. The Morgan fingerprint density at radius 1 is 1.15 bits per heavy atom. The van der Waals surface area contributed by atoms with Crippen molar-refractivity contribution in [2.24, 2.45) is 0 Å². The molecule has 1 saturated heterocycles. The molecule has 1 fully saturated rings. The molecule has 0 atom stereocenters. The highest BCUT2D eigenvalue weighted by Gasteiger charge is 2.22. The normalized spacial score (nSPS) is 14.8. The summed E-state index contributed by atoms with van der Waals surface area (Å²) in [6, 6.07) is 9.81. The number of benzene rings is 1. The van der Waals surface area contributed by atoms with E-state index in [4.69, 9.17) is 11.6 Å². The van der Waals surface area contributed by atoms with Gasteiger partial charge in [-0.3, -0.25) is 14.5 Å². The van der Waals surface area contributed by atoms with Crippen molar-refractivity contribution < 1.29 is 4.79 Å². The molecule has 0 spiro atoms. The van der Waals surface area contributed by atoms with Gasteiger partial charge >= 0.3 is 0 Å². The summed E-state index contributed by atoms with van der Waals surface area (Å²) in [5.74, 6) is 0.0877. The number of carbonyl (C=O) groups excluding carboxylic acids is 1. The van der Waals surface area contributed by atoms with E-state index in [1.54, 1.807) is 10.9 Å². The van der Waals surface area contributed by atoms with Crippen molar-refractivity contribution in [3.05, 3.63) is 53.3 Å². The number of fused-ring (bicyclic) bond motifs is 1. The summed E-state index contributed by atoms with van der Waals surface area (Å²) in [6.07, 6.45) is 3.55. The topological polar surface area (TPSA) is 54.3 Å². The van der Waals surface area contributed by atoms with E-state index in [0.29, 0.717) is 13.1 Å². The zero-order valence-corrected chi connectivity index (χ0v) is 15.4. The van der Waals surface area contributed by atoms with E-state index in [1.807, 2.05) is 42.3 Å². The molecule has 26 heavy (non-hydrogen) atoms. The van der Waals surface area contributed by atoms with Gasteiger partial charge in [-0.25, -0.2) is 0 Å². The first-order valence-corrected chi connectivity index (χ1v) is 9.05. The van der Waals surface area contributed by atoms with Crippen molar-refractivity contribution in [3.8, 4) is 0 Å². The highest BCUT2D eigenvalue weighted by molar-refractivity contribution is 6.31. The van der Waals surface area contributed by atoms with Crippen LogP contribution >= 0.6 is 11.6 Å². The summed E-state index contributed by atoms with van der Waals surface area (Å²) in [6.45, 7) is 5.30. The molecule has 0 unspecified atom stereocenters. The molecule has 0 N–H and O–H groups in total. The number of rotatable bonds is 3. The number of pyridine rings is 1. The van der Waals surface area contributed by atoms with Gasteiger partial charge in [-0.1, -0.05) is 11.6 Å². The lowest BCUT2D eigenvalue weighted by molar-refractivity contribution is -0.132. The minimum Gasteiger partial charge on any atom is -0.368 e. The largest absolute Gasteiger partial charge is 0.368 e. The van der Waals surface area contributed by atoms with Crippen molar-refractivity contribution in [1.82, 2.24) is 19.7 Å². The Kier molecular flexibility index (Phi) is 4.51. The van der Waals surface area contributed by atoms with Crippen molar-refractivity contribution in [1.29, 1.82) is 0 Å². The van der Waals surface area contributed by atoms with Crippen LogP contribution in [0.25, 0.3) is 11.0 Å². The molecule has 7 heteroatoms. The van der Waals surface area contributed by atoms with Crippen molar-refractivity contribution in [3.63, 3.8) is 0 Å². The van der Waals surface area contributed by atoms with Crippen LogP contribution in [0.3, 0.4) is 0 Å². The number of piperazine rings is 1. The third-order valence-electron chi connectivity index (χ3n) is 4.76. The van der Waals surface area contributed by atoms with Crippen LogP contribution in [0.5, 0.6) is 0 Å². The number of aryl methyl sites for hydroxylation is 1. The minimum atomic E-state index is 0.0877. The van der Waals surface area contributed by atoms with Crippen LogP contribution in [-0.4, -0.2) is 51.8 Å². The van der Waals surface area contributed by atoms with Crippen molar-refractivity contribution in [2.75, 3.05) is 31.1 Å². The first-order valence-electron chi connectivity index (χ1n) is 8.67. The Labute approximate surface area is 157 Å². The molecule has 0 radical (unpaired) electrons. The van der Waals surface area contributed by atoms with Gasteiger partial charge in [-0.05, 0) is 42.8 Å². The molecule has 0 aliphatic carbocycles. The van der Waals surface area contributed by atoms with Gasteiger partial charge in [0.05, 0.1) is 6.20 Å². The lowest BCUT2D eigenvalue weighted by Crippen LogP contribution is -2.49. The van der Waals surface area contributed by atoms with Crippen LogP contribution in [0.4, 0.5) is 5.69 Å². The molecule has 1 amide bonds. The van der Waals surface area contributed by atoms with E-state index in [1.165, 1.54) is 0 Å². The van der Waals surface area contributed by atoms with Gasteiger partial charge in [0.25, 0.3) is 0 Å². The molecule has 3 heterocycles. The number of hydrogen-bond acceptors (Lipinski definition) is 4. The maximum absolute atomic E-state index is 12.6. The molecule has 6 nitrogen and oxygen atoms in total. The summed E-state index contributed by atoms with van der Waals surface area (Å²) in [5, 5.41) is 5.19. The zero-order valence-electron chi connectivity index (χ0n) is 14.6. The number of carbonyl (C=O) groups is 1. The molecule has 134 valence electrons. The van der Waals surface area contributed by atoms with Crippen LogP contribution in [0.2, 0.25) is 5.02 Å². The molecular formula is C19H20ClN5O. The van der Waals surface area contributed by atoms with Crippen LogP contribution in [0, 0.1) is 6.92 Å². The Balaban J connectivity index is 1.37. The van der Waals surface area contributed by atoms with Gasteiger partial charge in [0.1, 0.15) is 17.6 Å². The number of hydrogen-bond donors (Lipinski definition) is 0. The number of aromatic nitrogens is 3. The molecule has 0 saturated carbocycles. The number of amides is 1. The Bertz CT molecular complexity index is 913. The zero-order chi connectivity index (χ0) is 18.1. The van der Waals surface area contributed by atoms with E-state index < -0.39 is 0 Å². The van der Waals surface area contributed by atoms with Gasteiger partial charge in [0, 0.05) is 43.1 Å². The fourth-order valence-electron chi connectivity index (χ4n) is 3.26. The smallest absolute Gasteiger partial charge is 0.244 e. The van der Waals surface area contributed by atoms with Gasteiger partial charge in [-0.15, -0.1) is 0 Å². The lowest BCUT2D eigenvalue weighted by atomic mass is 10.2. The maximum Gasteiger partial charge on any atom is 0.244 e. The van der Waals surface area contributed by atoms with Crippen molar-refractivity contribution in [2.45, 2.75) is 13.5 Å². The highest BCUT2D eigenvalue weighted by atomic mass is 35.5. The van der Waals surface area contributed by atoms with Crippen LogP contribution in [0.1, 0.15) is 5.56 Å². The van der Waals surface area contributed by atoms with Crippen LogP contribution in [0.15, 0.2) is 42.7 Å². The van der Waals surface area contributed by atoms with E-state index in [9.17, 15) is 4.79 Å². The average Bonchev–Trinajstić information content (AvgIpc) is 3.06. The number of halogens is 1. The summed E-state index contributed by atoms with van der Waals surface area (Å²) in [5.41, 5.74) is 3.84. The summed E-state index contributed by atoms with van der Waals surface area (Å²) in [4.78, 5) is 21.0. The molecule has 1 aliphatic heterocycles. The summed E-state index contributed by atoms with van der Waals surface area (Å²) < 4.78 is 1.68. The standard InChI is InChI=1S/C19H20ClN5O/c1-14-11-15(4-5-16(14)20)23-7-9-24(10-8-23)19(26)13-25-12-18-17(22-25)3-2-6-21-18/h2-6,11-12H,7-10,13H2,1H3. The number of anilines is 1. The Morgan fingerprint density at radius 2 is 1.96 bits per heavy atom. The van der Waals surface area contributed by atoms with Gasteiger partial charge in [0.15, 0.2) is 0 Å². The van der Waals surface area contributed by atoms with E-state index in [0.717, 1.165) is 40.4 Å². The average molecular weight is 370 g/mol. The lowest BCUT2D eigenvalue weighted by Gasteiger charge is -2.36. The van der Waals surface area contributed by atoms with Crippen molar-refractivity contribution >= 4 is 34.2 Å². The van der Waals surface area contributed by atoms with E-state index >= 15 is 0 Å².